The second-order valence-electron chi connectivity index (χ2n) is 4.14. The summed E-state index contributed by atoms with van der Waals surface area (Å²) in [5.74, 6) is -4.01. The second-order valence-corrected chi connectivity index (χ2v) is 4.14. The summed E-state index contributed by atoms with van der Waals surface area (Å²) in [5, 5.41) is 2.16. The predicted octanol–water partition coefficient (Wildman–Crippen LogP) is 3.75. The van der Waals surface area contributed by atoms with Gasteiger partial charge in [-0.25, -0.2) is 0 Å². The van der Waals surface area contributed by atoms with Gasteiger partial charge in [-0.1, -0.05) is 20.3 Å². The van der Waals surface area contributed by atoms with Crippen LogP contribution in [0, 0.1) is 11.8 Å². The highest BCUT2D eigenvalue weighted by Gasteiger charge is 2.60. The third-order valence-electron chi connectivity index (χ3n) is 2.75. The number of rotatable bonds is 5. The Labute approximate surface area is 96.6 Å². The molecule has 1 nitrogen and oxygen atoms in total. The molecule has 0 bridgehead atoms. The zero-order valence-corrected chi connectivity index (χ0v) is 9.91. The number of hydrogen-bond acceptors (Lipinski definition) is 1. The summed E-state index contributed by atoms with van der Waals surface area (Å²) >= 11 is 0. The maximum absolute atomic E-state index is 12.5. The van der Waals surface area contributed by atoms with E-state index < -0.39 is 30.2 Å². The third kappa shape index (κ3) is 4.73. The van der Waals surface area contributed by atoms with Crippen LogP contribution in [0.1, 0.15) is 26.7 Å². The van der Waals surface area contributed by atoms with Crippen molar-refractivity contribution in [2.24, 2.45) is 11.8 Å². The molecule has 0 saturated carbocycles. The molecule has 0 saturated heterocycles. The van der Waals surface area contributed by atoms with Gasteiger partial charge in [-0.15, -0.1) is 0 Å². The van der Waals surface area contributed by atoms with Crippen LogP contribution in [0.3, 0.4) is 0 Å². The van der Waals surface area contributed by atoms with E-state index in [0.717, 1.165) is 7.05 Å². The zero-order valence-electron chi connectivity index (χ0n) is 9.91. The first kappa shape index (κ1) is 16.5. The molecule has 1 N–H and O–H groups in total. The lowest BCUT2D eigenvalue weighted by Crippen LogP contribution is -2.52. The first-order chi connectivity index (χ1) is 7.55. The number of halogens is 6. The Morgan fingerprint density at radius 1 is 1.00 bits per heavy atom. The molecule has 0 heterocycles. The summed E-state index contributed by atoms with van der Waals surface area (Å²) in [6, 6.07) is -1.64. The maximum atomic E-state index is 12.5. The van der Waals surface area contributed by atoms with Crippen LogP contribution in [0.15, 0.2) is 0 Å². The summed E-state index contributed by atoms with van der Waals surface area (Å²) in [5.41, 5.74) is 0. The van der Waals surface area contributed by atoms with E-state index in [0.29, 0.717) is 12.8 Å². The van der Waals surface area contributed by atoms with Crippen LogP contribution in [0.25, 0.3) is 0 Å². The van der Waals surface area contributed by atoms with Crippen LogP contribution in [0.5, 0.6) is 0 Å². The van der Waals surface area contributed by atoms with Crippen molar-refractivity contribution in [3.05, 3.63) is 0 Å². The van der Waals surface area contributed by atoms with Crippen LogP contribution >= 0.6 is 0 Å². The van der Waals surface area contributed by atoms with Crippen molar-refractivity contribution < 1.29 is 26.3 Å². The Morgan fingerprint density at radius 3 is 1.65 bits per heavy atom. The number of nitrogens with one attached hydrogen (secondary N) is 1. The molecule has 0 spiro atoms. The highest BCUT2D eigenvalue weighted by Crippen LogP contribution is 2.43. The van der Waals surface area contributed by atoms with Gasteiger partial charge in [0, 0.05) is 6.04 Å². The highest BCUT2D eigenvalue weighted by molar-refractivity contribution is 4.89. The SMILES string of the molecule is CCCC(C)C(NC)C(C(F)(F)F)C(F)(F)F. The average Bonchev–Trinajstić information content (AvgIpc) is 2.09. The molecule has 0 aliphatic carbocycles. The molecule has 0 aliphatic rings. The lowest BCUT2D eigenvalue weighted by Gasteiger charge is -2.34. The molecular weight excluding hydrogens is 248 g/mol. The Balaban J connectivity index is 5.14. The molecule has 0 rings (SSSR count). The van der Waals surface area contributed by atoms with Crippen molar-refractivity contribution in [1.82, 2.24) is 5.32 Å². The maximum Gasteiger partial charge on any atom is 0.402 e. The molecule has 0 amide bonds. The smallest absolute Gasteiger partial charge is 0.316 e. The molecule has 2 atom stereocenters. The van der Waals surface area contributed by atoms with Crippen LogP contribution in [-0.2, 0) is 0 Å². The molecule has 0 radical (unpaired) electrons. The van der Waals surface area contributed by atoms with Gasteiger partial charge < -0.3 is 5.32 Å². The van der Waals surface area contributed by atoms with Crippen molar-refractivity contribution in [2.45, 2.75) is 45.1 Å². The van der Waals surface area contributed by atoms with Crippen molar-refractivity contribution in [2.75, 3.05) is 7.05 Å². The summed E-state index contributed by atoms with van der Waals surface area (Å²) in [6.45, 7) is 3.12. The molecule has 0 aromatic carbocycles. The van der Waals surface area contributed by atoms with Gasteiger partial charge in [0.05, 0.1) is 0 Å². The van der Waals surface area contributed by atoms with Gasteiger partial charge in [0.2, 0.25) is 0 Å². The number of hydrogen-bond donors (Lipinski definition) is 1. The third-order valence-corrected chi connectivity index (χ3v) is 2.75. The summed E-state index contributed by atoms with van der Waals surface area (Å²) in [4.78, 5) is 0. The Bertz CT molecular complexity index is 208. The molecule has 17 heavy (non-hydrogen) atoms. The highest BCUT2D eigenvalue weighted by atomic mass is 19.4. The van der Waals surface area contributed by atoms with E-state index >= 15 is 0 Å². The summed E-state index contributed by atoms with van der Waals surface area (Å²) < 4.78 is 75.0. The fourth-order valence-corrected chi connectivity index (χ4v) is 2.01. The molecule has 0 aromatic rings. The molecule has 2 unspecified atom stereocenters. The molecule has 104 valence electrons. The minimum atomic E-state index is -5.28. The lowest BCUT2D eigenvalue weighted by molar-refractivity contribution is -0.294. The Morgan fingerprint density at radius 2 is 1.41 bits per heavy atom. The molecule has 0 aliphatic heterocycles. The van der Waals surface area contributed by atoms with E-state index in [1.807, 2.05) is 0 Å². The number of alkyl halides is 6. The predicted molar refractivity (Wildman–Crippen MR) is 52.5 cm³/mol. The monoisotopic (exact) mass is 265 g/mol. The van der Waals surface area contributed by atoms with Crippen molar-refractivity contribution in [3.8, 4) is 0 Å². The van der Waals surface area contributed by atoms with Gasteiger partial charge in [-0.3, -0.25) is 0 Å². The van der Waals surface area contributed by atoms with Gasteiger partial charge in [0.15, 0.2) is 5.92 Å². The minimum Gasteiger partial charge on any atom is -0.316 e. The van der Waals surface area contributed by atoms with E-state index in [2.05, 4.69) is 5.32 Å². The topological polar surface area (TPSA) is 12.0 Å². The second kappa shape index (κ2) is 5.93. The Kier molecular flexibility index (Phi) is 5.77. The van der Waals surface area contributed by atoms with Crippen LogP contribution in [0.4, 0.5) is 26.3 Å². The van der Waals surface area contributed by atoms with Gasteiger partial charge in [-0.2, -0.15) is 26.3 Å². The van der Waals surface area contributed by atoms with Gasteiger partial charge in [0.25, 0.3) is 0 Å². The molecule has 7 heteroatoms. The fraction of sp³-hybridized carbons (Fsp3) is 1.00. The first-order valence-corrected chi connectivity index (χ1v) is 5.36. The zero-order chi connectivity index (χ0) is 13.9. The van der Waals surface area contributed by atoms with E-state index in [9.17, 15) is 26.3 Å². The lowest BCUT2D eigenvalue weighted by atomic mass is 9.85. The average molecular weight is 265 g/mol. The van der Waals surface area contributed by atoms with Gasteiger partial charge in [-0.05, 0) is 19.4 Å². The van der Waals surface area contributed by atoms with Gasteiger partial charge >= 0.3 is 12.4 Å². The van der Waals surface area contributed by atoms with Crippen LogP contribution in [0.2, 0.25) is 0 Å². The first-order valence-electron chi connectivity index (χ1n) is 5.36. The van der Waals surface area contributed by atoms with Crippen LogP contribution < -0.4 is 5.32 Å². The van der Waals surface area contributed by atoms with Gasteiger partial charge in [0.1, 0.15) is 0 Å². The van der Waals surface area contributed by atoms with E-state index in [-0.39, 0.29) is 0 Å². The standard InChI is InChI=1S/C10H17F6N/c1-4-5-6(2)7(17-3)8(9(11,12)13)10(14,15)16/h6-8,17H,4-5H2,1-3H3. The minimum absolute atomic E-state index is 0.314. The largest absolute Gasteiger partial charge is 0.402 e. The van der Waals surface area contributed by atoms with Crippen LogP contribution in [-0.4, -0.2) is 25.4 Å². The normalized spacial score (nSPS) is 17.3. The molecule has 0 aromatic heterocycles. The van der Waals surface area contributed by atoms with E-state index in [4.69, 9.17) is 0 Å². The van der Waals surface area contributed by atoms with Crippen molar-refractivity contribution in [1.29, 1.82) is 0 Å². The summed E-state index contributed by atoms with van der Waals surface area (Å²) in [7, 11) is 1.13. The van der Waals surface area contributed by atoms with E-state index in [1.165, 1.54) is 6.92 Å². The Hall–Kier alpha value is -0.460. The van der Waals surface area contributed by atoms with E-state index in [1.54, 1.807) is 6.92 Å². The molecule has 0 fully saturated rings. The summed E-state index contributed by atoms with van der Waals surface area (Å²) in [6.07, 6.45) is -9.71. The molecular formula is C10H17F6N. The fourth-order valence-electron chi connectivity index (χ4n) is 2.01. The van der Waals surface area contributed by atoms with Crippen molar-refractivity contribution in [3.63, 3.8) is 0 Å². The quantitative estimate of drug-likeness (QED) is 0.746. The van der Waals surface area contributed by atoms with Crippen molar-refractivity contribution >= 4 is 0 Å².